The van der Waals surface area contributed by atoms with Gasteiger partial charge in [0.25, 0.3) is 0 Å². The molecular weight excluding hydrogens is 265 g/mol. The molecule has 1 heterocycles. The molecule has 1 amide bonds. The first-order valence-corrected chi connectivity index (χ1v) is 6.88. The Hall–Kier alpha value is -1.82. The predicted molar refractivity (Wildman–Crippen MR) is 73.7 cm³/mol. The molecule has 1 aromatic carbocycles. The molecular formula is C13H14FN3OS. The van der Waals surface area contributed by atoms with E-state index in [-0.39, 0.29) is 17.5 Å². The Kier molecular flexibility index (Phi) is 4.57. The minimum Gasteiger partial charge on any atom is -0.308 e. The van der Waals surface area contributed by atoms with Crippen molar-refractivity contribution in [2.45, 2.75) is 18.2 Å². The molecule has 0 atom stereocenters. The van der Waals surface area contributed by atoms with Crippen LogP contribution in [0.1, 0.15) is 12.6 Å². The molecule has 2 N–H and O–H groups in total. The van der Waals surface area contributed by atoms with Gasteiger partial charge in [-0.1, -0.05) is 6.92 Å². The Morgan fingerprint density at radius 3 is 2.79 bits per heavy atom. The number of aromatic amines is 1. The Balaban J connectivity index is 1.82. The van der Waals surface area contributed by atoms with E-state index in [2.05, 4.69) is 15.5 Å². The molecule has 19 heavy (non-hydrogen) atoms. The van der Waals surface area contributed by atoms with Crippen LogP contribution >= 0.6 is 11.8 Å². The highest BCUT2D eigenvalue weighted by Crippen LogP contribution is 2.18. The van der Waals surface area contributed by atoms with Crippen LogP contribution in [0.5, 0.6) is 0 Å². The average Bonchev–Trinajstić information content (AvgIpc) is 2.86. The van der Waals surface area contributed by atoms with Crippen LogP contribution in [0.2, 0.25) is 0 Å². The standard InChI is InChI=1S/C13H14FN3OS/c1-2-10-7-12(17-16-10)15-13(18)8-19-11-5-3-9(14)4-6-11/h3-7H,2,8H2,1H3,(H2,15,16,17,18). The number of amides is 1. The molecule has 0 aliphatic carbocycles. The van der Waals surface area contributed by atoms with Gasteiger partial charge in [0.1, 0.15) is 5.82 Å². The number of hydrogen-bond acceptors (Lipinski definition) is 3. The van der Waals surface area contributed by atoms with E-state index in [9.17, 15) is 9.18 Å². The van der Waals surface area contributed by atoms with Gasteiger partial charge in [-0.05, 0) is 30.7 Å². The van der Waals surface area contributed by atoms with E-state index in [1.54, 1.807) is 18.2 Å². The molecule has 0 fully saturated rings. The van der Waals surface area contributed by atoms with Gasteiger partial charge in [0.05, 0.1) is 5.75 Å². The fourth-order valence-corrected chi connectivity index (χ4v) is 2.16. The van der Waals surface area contributed by atoms with Crippen LogP contribution in [0, 0.1) is 5.82 Å². The molecule has 1 aromatic heterocycles. The third kappa shape index (κ3) is 4.10. The van der Waals surface area contributed by atoms with Crippen LogP contribution in [0.4, 0.5) is 10.2 Å². The third-order valence-electron chi connectivity index (χ3n) is 2.46. The van der Waals surface area contributed by atoms with Gasteiger partial charge in [0.2, 0.25) is 5.91 Å². The second kappa shape index (κ2) is 6.38. The molecule has 100 valence electrons. The Morgan fingerprint density at radius 2 is 2.16 bits per heavy atom. The van der Waals surface area contributed by atoms with E-state index in [1.807, 2.05) is 6.92 Å². The van der Waals surface area contributed by atoms with Crippen LogP contribution in [-0.4, -0.2) is 21.9 Å². The van der Waals surface area contributed by atoms with Crippen molar-refractivity contribution in [3.8, 4) is 0 Å². The predicted octanol–water partition coefficient (Wildman–Crippen LogP) is 2.84. The topological polar surface area (TPSA) is 57.8 Å². The van der Waals surface area contributed by atoms with Crippen molar-refractivity contribution in [2.24, 2.45) is 0 Å². The monoisotopic (exact) mass is 279 g/mol. The molecule has 0 aliphatic rings. The summed E-state index contributed by atoms with van der Waals surface area (Å²) in [5.41, 5.74) is 0.974. The van der Waals surface area contributed by atoms with Gasteiger partial charge in [-0.2, -0.15) is 5.10 Å². The van der Waals surface area contributed by atoms with E-state index in [0.717, 1.165) is 17.0 Å². The number of thioether (sulfide) groups is 1. The average molecular weight is 279 g/mol. The van der Waals surface area contributed by atoms with Crippen LogP contribution < -0.4 is 5.32 Å². The van der Waals surface area contributed by atoms with Gasteiger partial charge in [-0.15, -0.1) is 11.8 Å². The molecule has 2 aromatic rings. The lowest BCUT2D eigenvalue weighted by molar-refractivity contribution is -0.113. The number of aryl methyl sites for hydroxylation is 1. The number of aromatic nitrogens is 2. The maximum atomic E-state index is 12.7. The van der Waals surface area contributed by atoms with Crippen molar-refractivity contribution in [3.05, 3.63) is 41.8 Å². The maximum Gasteiger partial charge on any atom is 0.235 e. The van der Waals surface area contributed by atoms with Crippen molar-refractivity contribution in [1.29, 1.82) is 0 Å². The molecule has 0 aliphatic heterocycles. The normalized spacial score (nSPS) is 10.4. The zero-order valence-electron chi connectivity index (χ0n) is 10.4. The number of hydrogen-bond donors (Lipinski definition) is 2. The molecule has 0 saturated heterocycles. The van der Waals surface area contributed by atoms with Crippen molar-refractivity contribution in [2.75, 3.05) is 11.1 Å². The summed E-state index contributed by atoms with van der Waals surface area (Å²) in [5.74, 6) is 0.377. The van der Waals surface area contributed by atoms with E-state index < -0.39 is 0 Å². The van der Waals surface area contributed by atoms with Gasteiger partial charge in [-0.25, -0.2) is 4.39 Å². The molecule has 2 rings (SSSR count). The van der Waals surface area contributed by atoms with E-state index in [1.165, 1.54) is 23.9 Å². The first kappa shape index (κ1) is 13.6. The lowest BCUT2D eigenvalue weighted by Crippen LogP contribution is -2.14. The third-order valence-corrected chi connectivity index (χ3v) is 3.47. The van der Waals surface area contributed by atoms with Crippen LogP contribution in [0.15, 0.2) is 35.2 Å². The Bertz CT molecular complexity index is 553. The minimum absolute atomic E-state index is 0.136. The second-order valence-corrected chi connectivity index (χ2v) is 4.97. The molecule has 0 radical (unpaired) electrons. The minimum atomic E-state index is -0.280. The summed E-state index contributed by atoms with van der Waals surface area (Å²) in [7, 11) is 0. The SMILES string of the molecule is CCc1cc(NC(=O)CSc2ccc(F)cc2)n[nH]1. The number of nitrogens with one attached hydrogen (secondary N) is 2. The van der Waals surface area contributed by atoms with Gasteiger partial charge in [0.15, 0.2) is 5.82 Å². The van der Waals surface area contributed by atoms with Crippen molar-refractivity contribution >= 4 is 23.5 Å². The van der Waals surface area contributed by atoms with Crippen LogP contribution in [0.25, 0.3) is 0 Å². The summed E-state index contributed by atoms with van der Waals surface area (Å²) in [5, 5.41) is 9.51. The summed E-state index contributed by atoms with van der Waals surface area (Å²) >= 11 is 1.35. The number of H-pyrrole nitrogens is 1. The molecule has 0 saturated carbocycles. The van der Waals surface area contributed by atoms with E-state index in [4.69, 9.17) is 0 Å². The quantitative estimate of drug-likeness (QED) is 0.827. The summed E-state index contributed by atoms with van der Waals surface area (Å²) in [6, 6.07) is 7.86. The number of carbonyl (C=O) groups excluding carboxylic acids is 1. The highest BCUT2D eigenvalue weighted by molar-refractivity contribution is 8.00. The van der Waals surface area contributed by atoms with E-state index in [0.29, 0.717) is 5.82 Å². The Morgan fingerprint density at radius 1 is 1.42 bits per heavy atom. The number of benzene rings is 1. The van der Waals surface area contributed by atoms with Gasteiger partial charge < -0.3 is 5.32 Å². The Labute approximate surface area is 114 Å². The van der Waals surface area contributed by atoms with Crippen molar-refractivity contribution in [3.63, 3.8) is 0 Å². The zero-order valence-corrected chi connectivity index (χ0v) is 11.3. The van der Waals surface area contributed by atoms with E-state index >= 15 is 0 Å². The number of halogens is 1. The smallest absolute Gasteiger partial charge is 0.235 e. The summed E-state index contributed by atoms with van der Waals surface area (Å²) in [6.07, 6.45) is 0.840. The van der Waals surface area contributed by atoms with Crippen molar-refractivity contribution in [1.82, 2.24) is 10.2 Å². The lowest BCUT2D eigenvalue weighted by Gasteiger charge is -2.02. The molecule has 4 nitrogen and oxygen atoms in total. The first-order valence-electron chi connectivity index (χ1n) is 5.90. The van der Waals surface area contributed by atoms with Gasteiger partial charge in [0, 0.05) is 16.7 Å². The van der Waals surface area contributed by atoms with Gasteiger partial charge in [-0.3, -0.25) is 9.89 Å². The molecule has 6 heteroatoms. The van der Waals surface area contributed by atoms with Crippen LogP contribution in [-0.2, 0) is 11.2 Å². The number of rotatable bonds is 5. The van der Waals surface area contributed by atoms with Crippen molar-refractivity contribution < 1.29 is 9.18 Å². The maximum absolute atomic E-state index is 12.7. The first-order chi connectivity index (χ1) is 9.17. The molecule has 0 unspecified atom stereocenters. The number of nitrogens with zero attached hydrogens (tertiary/aromatic N) is 1. The highest BCUT2D eigenvalue weighted by atomic mass is 32.2. The molecule has 0 bridgehead atoms. The fraction of sp³-hybridized carbons (Fsp3) is 0.231. The number of anilines is 1. The van der Waals surface area contributed by atoms with Gasteiger partial charge >= 0.3 is 0 Å². The summed E-state index contributed by atoms with van der Waals surface area (Å²) in [6.45, 7) is 2.00. The van der Waals surface area contributed by atoms with Crippen LogP contribution in [0.3, 0.4) is 0 Å². The highest BCUT2D eigenvalue weighted by Gasteiger charge is 2.06. The zero-order chi connectivity index (χ0) is 13.7. The largest absolute Gasteiger partial charge is 0.308 e. The number of carbonyl (C=O) groups is 1. The summed E-state index contributed by atoms with van der Waals surface area (Å²) in [4.78, 5) is 12.5. The second-order valence-electron chi connectivity index (χ2n) is 3.92. The fourth-order valence-electron chi connectivity index (χ4n) is 1.47. The molecule has 0 spiro atoms. The summed E-state index contributed by atoms with van der Waals surface area (Å²) < 4.78 is 12.7. The lowest BCUT2D eigenvalue weighted by atomic mass is 10.3.